The Labute approximate surface area is 162 Å². The quantitative estimate of drug-likeness (QED) is 0.593. The fourth-order valence-corrected chi connectivity index (χ4v) is 3.62. The molecule has 0 radical (unpaired) electrons. The van der Waals surface area contributed by atoms with Crippen molar-refractivity contribution in [2.75, 3.05) is 5.32 Å². The van der Waals surface area contributed by atoms with Crippen molar-refractivity contribution >= 4 is 28.1 Å². The first-order valence-corrected chi connectivity index (χ1v) is 9.25. The van der Waals surface area contributed by atoms with Crippen molar-refractivity contribution in [1.82, 2.24) is 14.2 Å². The summed E-state index contributed by atoms with van der Waals surface area (Å²) in [4.78, 5) is 29.3. The van der Waals surface area contributed by atoms with Crippen molar-refractivity contribution < 1.29 is 4.79 Å². The Hall–Kier alpha value is -3.41. The van der Waals surface area contributed by atoms with Gasteiger partial charge in [-0.05, 0) is 57.0 Å². The number of carbonyl (C=O) groups is 1. The zero-order valence-corrected chi connectivity index (χ0v) is 16.4. The van der Waals surface area contributed by atoms with Crippen LogP contribution in [0.2, 0.25) is 0 Å². The van der Waals surface area contributed by atoms with Crippen LogP contribution < -0.4 is 10.9 Å². The number of fused-ring (bicyclic) bond motifs is 3. The number of rotatable bonds is 3. The van der Waals surface area contributed by atoms with Gasteiger partial charge >= 0.3 is 0 Å². The summed E-state index contributed by atoms with van der Waals surface area (Å²) in [6.45, 7) is 7.71. The molecule has 0 saturated carbocycles. The molecular weight excluding hydrogens is 352 g/mol. The van der Waals surface area contributed by atoms with Crippen LogP contribution in [0.15, 0.2) is 53.3 Å². The lowest BCUT2D eigenvalue weighted by molar-refractivity contribution is -0.119. The molecule has 28 heavy (non-hydrogen) atoms. The zero-order chi connectivity index (χ0) is 20.0. The van der Waals surface area contributed by atoms with Crippen LogP contribution in [-0.2, 0) is 4.79 Å². The van der Waals surface area contributed by atoms with Crippen LogP contribution in [0, 0.1) is 20.8 Å². The minimum atomic E-state index is -0.509. The van der Waals surface area contributed by atoms with Crippen molar-refractivity contribution in [3.05, 3.63) is 75.7 Å². The summed E-state index contributed by atoms with van der Waals surface area (Å²) in [6.07, 6.45) is 0. The molecule has 2 aromatic heterocycles. The second-order valence-electron chi connectivity index (χ2n) is 7.15. The van der Waals surface area contributed by atoms with Crippen molar-refractivity contribution in [2.45, 2.75) is 33.7 Å². The molecule has 1 N–H and O–H groups in total. The summed E-state index contributed by atoms with van der Waals surface area (Å²) in [6, 6.07) is 14.5. The maximum absolute atomic E-state index is 13.1. The third-order valence-corrected chi connectivity index (χ3v) is 5.30. The molecule has 4 rings (SSSR count). The fourth-order valence-electron chi connectivity index (χ4n) is 3.62. The second kappa shape index (κ2) is 6.64. The van der Waals surface area contributed by atoms with Crippen LogP contribution in [0.25, 0.3) is 16.6 Å². The highest BCUT2D eigenvalue weighted by molar-refractivity contribution is 5.97. The van der Waals surface area contributed by atoms with E-state index >= 15 is 0 Å². The van der Waals surface area contributed by atoms with Gasteiger partial charge in [-0.2, -0.15) is 4.98 Å². The normalized spacial score (nSPS) is 12.4. The van der Waals surface area contributed by atoms with E-state index in [1.165, 1.54) is 6.07 Å². The van der Waals surface area contributed by atoms with Gasteiger partial charge in [0, 0.05) is 22.8 Å². The molecule has 1 atom stereocenters. The molecule has 0 spiro atoms. The molecule has 1 amide bonds. The highest BCUT2D eigenvalue weighted by Gasteiger charge is 2.22. The van der Waals surface area contributed by atoms with Gasteiger partial charge in [-0.3, -0.25) is 14.3 Å². The lowest BCUT2D eigenvalue weighted by Crippen LogP contribution is -2.27. The minimum Gasteiger partial charge on any atom is -0.324 e. The first-order valence-electron chi connectivity index (χ1n) is 9.25. The minimum absolute atomic E-state index is 0.130. The Morgan fingerprint density at radius 3 is 2.61 bits per heavy atom. The van der Waals surface area contributed by atoms with E-state index in [4.69, 9.17) is 0 Å². The number of nitrogens with one attached hydrogen (secondary N) is 1. The van der Waals surface area contributed by atoms with Crippen LogP contribution in [0.1, 0.15) is 29.8 Å². The average molecular weight is 374 g/mol. The summed E-state index contributed by atoms with van der Waals surface area (Å²) in [5.74, 6) is -0.130. The standard InChI is InChI=1S/C22H22N4O2/c1-13-8-7-10-18(15(13)3)23-22(28)16(4)26-19-11-6-5-9-17(19)21-24-20(27)12-14(2)25(21)26/h5-12,16H,1-4H3,(H,23,28). The topological polar surface area (TPSA) is 68.4 Å². The molecule has 4 aromatic rings. The van der Waals surface area contributed by atoms with Crippen molar-refractivity contribution in [3.63, 3.8) is 0 Å². The third-order valence-electron chi connectivity index (χ3n) is 5.30. The Balaban J connectivity index is 1.86. The molecule has 142 valence electrons. The van der Waals surface area contributed by atoms with Gasteiger partial charge in [0.2, 0.25) is 5.91 Å². The van der Waals surface area contributed by atoms with E-state index in [1.54, 1.807) is 0 Å². The highest BCUT2D eigenvalue weighted by Crippen LogP contribution is 2.26. The van der Waals surface area contributed by atoms with E-state index in [0.29, 0.717) is 5.65 Å². The first-order chi connectivity index (χ1) is 13.4. The Morgan fingerprint density at radius 2 is 1.82 bits per heavy atom. The van der Waals surface area contributed by atoms with Crippen molar-refractivity contribution in [2.24, 2.45) is 0 Å². The summed E-state index contributed by atoms with van der Waals surface area (Å²) >= 11 is 0. The van der Waals surface area contributed by atoms with Gasteiger partial charge in [0.05, 0.1) is 5.52 Å². The number of anilines is 1. The molecule has 0 aliphatic heterocycles. The monoisotopic (exact) mass is 374 g/mol. The number of benzene rings is 2. The van der Waals surface area contributed by atoms with Crippen LogP contribution in [0.3, 0.4) is 0 Å². The number of hydrogen-bond donors (Lipinski definition) is 1. The Morgan fingerprint density at radius 1 is 1.07 bits per heavy atom. The van der Waals surface area contributed by atoms with E-state index in [0.717, 1.165) is 33.4 Å². The van der Waals surface area contributed by atoms with E-state index in [9.17, 15) is 9.59 Å². The number of hydrogen-bond acceptors (Lipinski definition) is 3. The summed E-state index contributed by atoms with van der Waals surface area (Å²) in [5, 5.41) is 3.89. The molecule has 0 saturated heterocycles. The number of carbonyl (C=O) groups excluding carboxylic acids is 1. The number of aromatic nitrogens is 3. The van der Waals surface area contributed by atoms with Crippen LogP contribution in [0.4, 0.5) is 5.69 Å². The SMILES string of the molecule is Cc1cccc(NC(=O)C(C)n2c3ccccc3c3nc(=O)cc(C)n32)c1C. The van der Waals surface area contributed by atoms with E-state index in [1.807, 2.05) is 79.4 Å². The Kier molecular flexibility index (Phi) is 4.26. The predicted octanol–water partition coefficient (Wildman–Crippen LogP) is 3.77. The van der Waals surface area contributed by atoms with Crippen LogP contribution >= 0.6 is 0 Å². The highest BCUT2D eigenvalue weighted by atomic mass is 16.2. The zero-order valence-electron chi connectivity index (χ0n) is 16.4. The number of amides is 1. The number of nitrogens with zero attached hydrogens (tertiary/aromatic N) is 3. The summed E-state index contributed by atoms with van der Waals surface area (Å²) in [5.41, 5.74) is 4.84. The summed E-state index contributed by atoms with van der Waals surface area (Å²) in [7, 11) is 0. The van der Waals surface area contributed by atoms with Crippen molar-refractivity contribution in [3.8, 4) is 0 Å². The number of aryl methyl sites for hydroxylation is 2. The van der Waals surface area contributed by atoms with E-state index in [-0.39, 0.29) is 11.5 Å². The van der Waals surface area contributed by atoms with E-state index in [2.05, 4.69) is 10.3 Å². The van der Waals surface area contributed by atoms with Gasteiger partial charge in [0.15, 0.2) is 5.65 Å². The molecule has 0 aliphatic carbocycles. The molecule has 2 aromatic carbocycles. The van der Waals surface area contributed by atoms with Crippen LogP contribution in [0.5, 0.6) is 0 Å². The molecule has 6 heteroatoms. The predicted molar refractivity (Wildman–Crippen MR) is 111 cm³/mol. The van der Waals surface area contributed by atoms with Crippen LogP contribution in [-0.4, -0.2) is 20.1 Å². The lowest BCUT2D eigenvalue weighted by atomic mass is 10.1. The lowest BCUT2D eigenvalue weighted by Gasteiger charge is -2.19. The molecular formula is C22H22N4O2. The van der Waals surface area contributed by atoms with Gasteiger partial charge in [-0.1, -0.05) is 24.3 Å². The molecule has 0 bridgehead atoms. The fraction of sp³-hybridized carbons (Fsp3) is 0.227. The van der Waals surface area contributed by atoms with Crippen molar-refractivity contribution in [1.29, 1.82) is 0 Å². The van der Waals surface area contributed by atoms with Gasteiger partial charge in [-0.15, -0.1) is 0 Å². The number of para-hydroxylation sites is 1. The maximum Gasteiger partial charge on any atom is 0.273 e. The van der Waals surface area contributed by atoms with Gasteiger partial charge < -0.3 is 5.32 Å². The molecule has 0 aliphatic rings. The van der Waals surface area contributed by atoms with Gasteiger partial charge in [0.1, 0.15) is 6.04 Å². The van der Waals surface area contributed by atoms with E-state index < -0.39 is 6.04 Å². The first kappa shape index (κ1) is 18.0. The largest absolute Gasteiger partial charge is 0.324 e. The second-order valence-corrected chi connectivity index (χ2v) is 7.15. The molecule has 0 fully saturated rings. The Bertz CT molecular complexity index is 1280. The smallest absolute Gasteiger partial charge is 0.273 e. The summed E-state index contributed by atoms with van der Waals surface area (Å²) < 4.78 is 3.74. The maximum atomic E-state index is 13.1. The van der Waals surface area contributed by atoms with Gasteiger partial charge in [-0.25, -0.2) is 4.52 Å². The molecule has 1 unspecified atom stereocenters. The third kappa shape index (κ3) is 2.78. The molecule has 2 heterocycles. The van der Waals surface area contributed by atoms with Gasteiger partial charge in [0.25, 0.3) is 5.56 Å². The average Bonchev–Trinajstić information content (AvgIpc) is 2.99. The molecule has 6 nitrogen and oxygen atoms in total.